The zero-order chi connectivity index (χ0) is 14.2. The van der Waals surface area contributed by atoms with E-state index in [0.717, 1.165) is 0 Å². The van der Waals surface area contributed by atoms with Crippen molar-refractivity contribution < 1.29 is 0 Å². The molecule has 1 heterocycles. The molecule has 2 atom stereocenters. The number of nitrogens with one attached hydrogen (secondary N) is 1. The molecule has 3 heteroatoms. The molecule has 110 valence electrons. The second-order valence-corrected chi connectivity index (χ2v) is 6.43. The summed E-state index contributed by atoms with van der Waals surface area (Å²) in [5.74, 6) is 0. The molecule has 0 aliphatic heterocycles. The van der Waals surface area contributed by atoms with Gasteiger partial charge in [-0.1, -0.05) is 24.3 Å². The molecule has 0 saturated carbocycles. The summed E-state index contributed by atoms with van der Waals surface area (Å²) in [4.78, 5) is 0. The van der Waals surface area contributed by atoms with Crippen LogP contribution in [0.4, 0.5) is 0 Å². The fourth-order valence-electron chi connectivity index (χ4n) is 4.05. The standard InChI is InChI=1S/C18H23N3/c1-21-18-11-5-10-17(15(18)12-19-21)20-16-9-4-7-13-6-2-3-8-14(13)16/h2-3,6,8,12,16-17,20H,4-5,7,9-11H2,1H3. The topological polar surface area (TPSA) is 29.9 Å². The Bertz CT molecular complexity index is 644. The smallest absolute Gasteiger partial charge is 0.0540 e. The minimum absolute atomic E-state index is 0.471. The van der Waals surface area contributed by atoms with Crippen LogP contribution in [0.2, 0.25) is 0 Å². The Morgan fingerprint density at radius 1 is 1.05 bits per heavy atom. The molecule has 4 rings (SSSR count). The fourth-order valence-corrected chi connectivity index (χ4v) is 4.05. The Labute approximate surface area is 126 Å². The first-order valence-electron chi connectivity index (χ1n) is 8.17. The van der Waals surface area contributed by atoms with E-state index in [0.29, 0.717) is 12.1 Å². The largest absolute Gasteiger partial charge is 0.303 e. The van der Waals surface area contributed by atoms with Gasteiger partial charge in [-0.2, -0.15) is 5.10 Å². The molecule has 3 nitrogen and oxygen atoms in total. The van der Waals surface area contributed by atoms with Crippen molar-refractivity contribution in [3.05, 3.63) is 52.8 Å². The Morgan fingerprint density at radius 2 is 1.81 bits per heavy atom. The van der Waals surface area contributed by atoms with Gasteiger partial charge in [0.15, 0.2) is 0 Å². The van der Waals surface area contributed by atoms with Crippen molar-refractivity contribution in [1.29, 1.82) is 0 Å². The number of aromatic nitrogens is 2. The molecule has 21 heavy (non-hydrogen) atoms. The molecule has 0 radical (unpaired) electrons. The lowest BCUT2D eigenvalue weighted by Crippen LogP contribution is -2.31. The number of hydrogen-bond donors (Lipinski definition) is 1. The van der Waals surface area contributed by atoms with Crippen LogP contribution in [-0.2, 0) is 19.9 Å². The Kier molecular flexibility index (Phi) is 3.30. The van der Waals surface area contributed by atoms with Crippen molar-refractivity contribution in [1.82, 2.24) is 15.1 Å². The SMILES string of the molecule is Cn1ncc2c1CCCC2NC1CCCc2ccccc21. The summed E-state index contributed by atoms with van der Waals surface area (Å²) in [6.45, 7) is 0. The average Bonchev–Trinajstić information content (AvgIpc) is 2.90. The minimum Gasteiger partial charge on any atom is -0.303 e. The first-order valence-corrected chi connectivity index (χ1v) is 8.17. The van der Waals surface area contributed by atoms with Crippen LogP contribution in [0.25, 0.3) is 0 Å². The van der Waals surface area contributed by atoms with Crippen LogP contribution in [-0.4, -0.2) is 9.78 Å². The summed E-state index contributed by atoms with van der Waals surface area (Å²) in [5.41, 5.74) is 5.89. The molecule has 0 bridgehead atoms. The van der Waals surface area contributed by atoms with Crippen LogP contribution in [0.5, 0.6) is 0 Å². The summed E-state index contributed by atoms with van der Waals surface area (Å²) in [5, 5.41) is 8.39. The highest BCUT2D eigenvalue weighted by molar-refractivity contribution is 5.33. The second kappa shape index (κ2) is 5.30. The summed E-state index contributed by atoms with van der Waals surface area (Å²) >= 11 is 0. The van der Waals surface area contributed by atoms with Crippen LogP contribution < -0.4 is 5.32 Å². The quantitative estimate of drug-likeness (QED) is 0.913. The molecule has 0 spiro atoms. The van der Waals surface area contributed by atoms with Gasteiger partial charge in [0, 0.05) is 30.4 Å². The number of nitrogens with zero attached hydrogens (tertiary/aromatic N) is 2. The van der Waals surface area contributed by atoms with Crippen molar-refractivity contribution in [3.63, 3.8) is 0 Å². The summed E-state index contributed by atoms with van der Waals surface area (Å²) in [6.07, 6.45) is 9.52. The summed E-state index contributed by atoms with van der Waals surface area (Å²) < 4.78 is 2.05. The molecule has 0 amide bonds. The normalized spacial score (nSPS) is 24.4. The molecule has 1 aromatic carbocycles. The van der Waals surface area contributed by atoms with Crippen LogP contribution in [0.1, 0.15) is 60.2 Å². The van der Waals surface area contributed by atoms with E-state index in [1.165, 1.54) is 60.9 Å². The first kappa shape index (κ1) is 13.1. The minimum atomic E-state index is 0.471. The highest BCUT2D eigenvalue weighted by Gasteiger charge is 2.27. The third-order valence-corrected chi connectivity index (χ3v) is 5.15. The number of benzene rings is 1. The maximum Gasteiger partial charge on any atom is 0.0540 e. The number of hydrogen-bond acceptors (Lipinski definition) is 2. The monoisotopic (exact) mass is 281 g/mol. The molecule has 1 aromatic heterocycles. The maximum absolute atomic E-state index is 4.46. The van der Waals surface area contributed by atoms with Crippen molar-refractivity contribution in [2.45, 2.75) is 50.6 Å². The van der Waals surface area contributed by atoms with E-state index in [-0.39, 0.29) is 0 Å². The Hall–Kier alpha value is -1.61. The molecule has 2 aliphatic rings. The summed E-state index contributed by atoms with van der Waals surface area (Å²) in [7, 11) is 2.07. The van der Waals surface area contributed by atoms with E-state index in [1.54, 1.807) is 0 Å². The van der Waals surface area contributed by atoms with Gasteiger partial charge in [-0.25, -0.2) is 0 Å². The molecular weight excluding hydrogens is 258 g/mol. The lowest BCUT2D eigenvalue weighted by molar-refractivity contribution is 0.367. The fraction of sp³-hybridized carbons (Fsp3) is 0.500. The van der Waals surface area contributed by atoms with E-state index in [4.69, 9.17) is 0 Å². The molecule has 1 N–H and O–H groups in total. The van der Waals surface area contributed by atoms with Gasteiger partial charge >= 0.3 is 0 Å². The van der Waals surface area contributed by atoms with Gasteiger partial charge in [-0.15, -0.1) is 0 Å². The molecular formula is C18H23N3. The van der Waals surface area contributed by atoms with E-state index in [1.807, 2.05) is 0 Å². The van der Waals surface area contributed by atoms with Gasteiger partial charge in [0.1, 0.15) is 0 Å². The van der Waals surface area contributed by atoms with Gasteiger partial charge in [-0.05, 0) is 49.7 Å². The number of rotatable bonds is 2. The highest BCUT2D eigenvalue weighted by Crippen LogP contribution is 2.35. The number of aryl methyl sites for hydroxylation is 2. The van der Waals surface area contributed by atoms with Gasteiger partial charge in [-0.3, -0.25) is 4.68 Å². The van der Waals surface area contributed by atoms with Gasteiger partial charge in [0.2, 0.25) is 0 Å². The van der Waals surface area contributed by atoms with E-state index < -0.39 is 0 Å². The van der Waals surface area contributed by atoms with Gasteiger partial charge < -0.3 is 5.32 Å². The van der Waals surface area contributed by atoms with E-state index in [9.17, 15) is 0 Å². The van der Waals surface area contributed by atoms with Gasteiger partial charge in [0.05, 0.1) is 6.20 Å². The zero-order valence-electron chi connectivity index (χ0n) is 12.7. The molecule has 0 saturated heterocycles. The lowest BCUT2D eigenvalue weighted by atomic mass is 9.85. The van der Waals surface area contributed by atoms with Crippen molar-refractivity contribution >= 4 is 0 Å². The molecule has 0 fully saturated rings. The lowest BCUT2D eigenvalue weighted by Gasteiger charge is -2.32. The maximum atomic E-state index is 4.46. The van der Waals surface area contributed by atoms with Crippen molar-refractivity contribution in [3.8, 4) is 0 Å². The van der Waals surface area contributed by atoms with Crippen LogP contribution in [0.15, 0.2) is 30.5 Å². The van der Waals surface area contributed by atoms with Crippen LogP contribution in [0.3, 0.4) is 0 Å². The third kappa shape index (κ3) is 2.30. The third-order valence-electron chi connectivity index (χ3n) is 5.15. The van der Waals surface area contributed by atoms with Crippen LogP contribution in [0, 0.1) is 0 Å². The first-order chi connectivity index (χ1) is 10.3. The Morgan fingerprint density at radius 3 is 2.71 bits per heavy atom. The average molecular weight is 281 g/mol. The zero-order valence-corrected chi connectivity index (χ0v) is 12.7. The highest BCUT2D eigenvalue weighted by atomic mass is 15.3. The van der Waals surface area contributed by atoms with E-state index in [2.05, 4.69) is 52.6 Å². The molecule has 2 aliphatic carbocycles. The van der Waals surface area contributed by atoms with Crippen molar-refractivity contribution in [2.24, 2.45) is 7.05 Å². The van der Waals surface area contributed by atoms with Crippen molar-refractivity contribution in [2.75, 3.05) is 0 Å². The number of fused-ring (bicyclic) bond motifs is 2. The van der Waals surface area contributed by atoms with E-state index >= 15 is 0 Å². The predicted octanol–water partition coefficient (Wildman–Crippen LogP) is 3.46. The second-order valence-electron chi connectivity index (χ2n) is 6.43. The Balaban J connectivity index is 1.61. The van der Waals surface area contributed by atoms with Gasteiger partial charge in [0.25, 0.3) is 0 Å². The predicted molar refractivity (Wildman–Crippen MR) is 84.1 cm³/mol. The van der Waals surface area contributed by atoms with Crippen LogP contribution >= 0.6 is 0 Å². The molecule has 2 unspecified atom stereocenters. The summed E-state index contributed by atoms with van der Waals surface area (Å²) in [6, 6.07) is 9.92. The molecule has 2 aromatic rings.